The summed E-state index contributed by atoms with van der Waals surface area (Å²) in [5.41, 5.74) is 6.21. The fourth-order valence-corrected chi connectivity index (χ4v) is 3.28. The van der Waals surface area contributed by atoms with Gasteiger partial charge in [0, 0.05) is 12.1 Å². The number of rotatable bonds is 4. The molecule has 102 valence electrons. The van der Waals surface area contributed by atoms with E-state index in [0.29, 0.717) is 11.4 Å². The fraction of sp³-hybridized carbons (Fsp3) is 0.385. The highest BCUT2D eigenvalue weighted by molar-refractivity contribution is 7.22. The first-order valence-electron chi connectivity index (χ1n) is 5.95. The maximum Gasteiger partial charge on any atom is 0.263 e. The zero-order chi connectivity index (χ0) is 14.0. The summed E-state index contributed by atoms with van der Waals surface area (Å²) in [6.45, 7) is 6.06. The van der Waals surface area contributed by atoms with Crippen molar-refractivity contribution in [3.63, 3.8) is 0 Å². The van der Waals surface area contributed by atoms with Gasteiger partial charge in [0.05, 0.1) is 10.6 Å². The van der Waals surface area contributed by atoms with Crippen LogP contribution in [0.2, 0.25) is 0 Å². The van der Waals surface area contributed by atoms with Crippen LogP contribution in [0.15, 0.2) is 17.5 Å². The van der Waals surface area contributed by atoms with Gasteiger partial charge in [0.2, 0.25) is 0 Å². The summed E-state index contributed by atoms with van der Waals surface area (Å²) >= 11 is 3.05. The van der Waals surface area contributed by atoms with E-state index >= 15 is 0 Å². The number of nitrogens with two attached hydrogens (primary N) is 1. The van der Waals surface area contributed by atoms with Crippen LogP contribution in [0.3, 0.4) is 0 Å². The minimum absolute atomic E-state index is 0.101. The van der Waals surface area contributed by atoms with Crippen molar-refractivity contribution < 1.29 is 4.79 Å². The number of nitrogens with one attached hydrogen (secondary N) is 1. The van der Waals surface area contributed by atoms with E-state index in [9.17, 15) is 4.79 Å². The molecule has 19 heavy (non-hydrogen) atoms. The van der Waals surface area contributed by atoms with Crippen LogP contribution in [0, 0.1) is 6.92 Å². The topological polar surface area (TPSA) is 68.0 Å². The molecule has 0 radical (unpaired) electrons. The lowest BCUT2D eigenvalue weighted by Gasteiger charge is -2.18. The number of nitrogens with zero attached hydrogens (tertiary/aromatic N) is 1. The molecule has 0 spiro atoms. The number of carbonyl (C=O) groups is 1. The number of thiophene rings is 1. The van der Waals surface area contributed by atoms with Crippen molar-refractivity contribution in [3.05, 3.63) is 28.1 Å². The van der Waals surface area contributed by atoms with Crippen molar-refractivity contribution in [1.82, 2.24) is 10.3 Å². The Balaban J connectivity index is 2.15. The molecule has 0 fully saturated rings. The molecule has 0 saturated heterocycles. The Bertz CT molecular complexity index is 567. The number of aryl methyl sites for hydroxylation is 1. The van der Waals surface area contributed by atoms with E-state index in [1.54, 1.807) is 11.3 Å². The van der Waals surface area contributed by atoms with Crippen LogP contribution in [0.4, 0.5) is 0 Å². The minimum Gasteiger partial charge on any atom is -0.349 e. The molecule has 2 aromatic heterocycles. The molecule has 0 aliphatic rings. The first-order chi connectivity index (χ1) is 8.87. The third-order valence-electron chi connectivity index (χ3n) is 2.44. The van der Waals surface area contributed by atoms with E-state index in [1.807, 2.05) is 38.3 Å². The van der Waals surface area contributed by atoms with E-state index in [0.717, 1.165) is 15.6 Å². The molecular formula is C13H17N3OS2. The molecule has 0 aromatic carbocycles. The Morgan fingerprint density at radius 2 is 2.26 bits per heavy atom. The van der Waals surface area contributed by atoms with Crippen LogP contribution >= 0.6 is 22.7 Å². The summed E-state index contributed by atoms with van der Waals surface area (Å²) in [6.07, 6.45) is 0. The van der Waals surface area contributed by atoms with E-state index in [1.165, 1.54) is 11.3 Å². The predicted molar refractivity (Wildman–Crippen MR) is 80.8 cm³/mol. The number of amides is 1. The summed E-state index contributed by atoms with van der Waals surface area (Å²) in [5.74, 6) is -0.101. The lowest BCUT2D eigenvalue weighted by molar-refractivity contribution is 0.0949. The molecule has 0 unspecified atom stereocenters. The quantitative estimate of drug-likeness (QED) is 0.911. The Morgan fingerprint density at radius 3 is 2.84 bits per heavy atom. The monoisotopic (exact) mass is 295 g/mol. The van der Waals surface area contributed by atoms with Gasteiger partial charge in [0.15, 0.2) is 0 Å². The molecule has 2 aromatic rings. The molecule has 0 aliphatic heterocycles. The SMILES string of the molecule is Cc1nc(-c2cccs2)sc1C(=O)NCC(C)(C)N. The lowest BCUT2D eigenvalue weighted by Crippen LogP contribution is -2.45. The molecule has 0 bridgehead atoms. The smallest absolute Gasteiger partial charge is 0.263 e. The van der Waals surface area contributed by atoms with Crippen molar-refractivity contribution >= 4 is 28.6 Å². The average molecular weight is 295 g/mol. The second kappa shape index (κ2) is 5.40. The van der Waals surface area contributed by atoms with Crippen LogP contribution in [-0.4, -0.2) is 23.0 Å². The Hall–Kier alpha value is -1.24. The van der Waals surface area contributed by atoms with Gasteiger partial charge in [-0.2, -0.15) is 0 Å². The summed E-state index contributed by atoms with van der Waals surface area (Å²) < 4.78 is 0. The third-order valence-corrected chi connectivity index (χ3v) is 4.63. The highest BCUT2D eigenvalue weighted by Crippen LogP contribution is 2.30. The van der Waals surface area contributed by atoms with E-state index in [4.69, 9.17) is 5.73 Å². The van der Waals surface area contributed by atoms with E-state index in [2.05, 4.69) is 10.3 Å². The maximum absolute atomic E-state index is 12.1. The van der Waals surface area contributed by atoms with Gasteiger partial charge in [-0.05, 0) is 32.2 Å². The maximum atomic E-state index is 12.1. The molecule has 1 amide bonds. The van der Waals surface area contributed by atoms with Gasteiger partial charge in [0.25, 0.3) is 5.91 Å². The Morgan fingerprint density at radius 1 is 1.53 bits per heavy atom. The van der Waals surface area contributed by atoms with Crippen molar-refractivity contribution in [2.45, 2.75) is 26.3 Å². The Labute approximate surface area is 120 Å². The molecule has 2 heterocycles. The number of aromatic nitrogens is 1. The van der Waals surface area contributed by atoms with Gasteiger partial charge < -0.3 is 11.1 Å². The molecule has 0 atom stereocenters. The number of hydrogen-bond acceptors (Lipinski definition) is 5. The summed E-state index contributed by atoms with van der Waals surface area (Å²) in [6, 6.07) is 3.99. The van der Waals surface area contributed by atoms with Crippen molar-refractivity contribution in [3.8, 4) is 9.88 Å². The van der Waals surface area contributed by atoms with Crippen molar-refractivity contribution in [1.29, 1.82) is 0 Å². The first kappa shape index (κ1) is 14.2. The first-order valence-corrected chi connectivity index (χ1v) is 7.65. The van der Waals surface area contributed by atoms with Gasteiger partial charge in [-0.1, -0.05) is 6.07 Å². The highest BCUT2D eigenvalue weighted by Gasteiger charge is 2.18. The summed E-state index contributed by atoms with van der Waals surface area (Å²) in [4.78, 5) is 18.3. The number of hydrogen-bond donors (Lipinski definition) is 2. The van der Waals surface area contributed by atoms with Crippen LogP contribution in [0.5, 0.6) is 0 Å². The van der Waals surface area contributed by atoms with Gasteiger partial charge in [-0.25, -0.2) is 4.98 Å². The second-order valence-electron chi connectivity index (χ2n) is 5.08. The molecule has 3 N–H and O–H groups in total. The molecule has 2 rings (SSSR count). The minimum atomic E-state index is -0.412. The van der Waals surface area contributed by atoms with Crippen molar-refractivity contribution in [2.75, 3.05) is 6.54 Å². The van der Waals surface area contributed by atoms with E-state index in [-0.39, 0.29) is 5.91 Å². The summed E-state index contributed by atoms with van der Waals surface area (Å²) in [5, 5.41) is 5.74. The second-order valence-corrected chi connectivity index (χ2v) is 7.03. The van der Waals surface area contributed by atoms with Gasteiger partial charge in [0.1, 0.15) is 9.88 Å². The van der Waals surface area contributed by atoms with E-state index < -0.39 is 5.54 Å². The lowest BCUT2D eigenvalue weighted by atomic mass is 10.1. The van der Waals surface area contributed by atoms with Gasteiger partial charge in [-0.3, -0.25) is 4.79 Å². The van der Waals surface area contributed by atoms with Crippen LogP contribution < -0.4 is 11.1 Å². The zero-order valence-electron chi connectivity index (χ0n) is 11.2. The summed E-state index contributed by atoms with van der Waals surface area (Å²) in [7, 11) is 0. The molecule has 0 aliphatic carbocycles. The highest BCUT2D eigenvalue weighted by atomic mass is 32.1. The van der Waals surface area contributed by atoms with Gasteiger partial charge >= 0.3 is 0 Å². The number of thiazole rings is 1. The van der Waals surface area contributed by atoms with Crippen molar-refractivity contribution in [2.24, 2.45) is 5.73 Å². The fourth-order valence-electron chi connectivity index (χ4n) is 1.50. The standard InChI is InChI=1S/C13H17N3OS2/c1-8-10(11(17)15-7-13(2,3)14)19-12(16-8)9-5-4-6-18-9/h4-6H,7,14H2,1-3H3,(H,15,17). The predicted octanol–water partition coefficient (Wildman–Crippen LogP) is 2.65. The number of carbonyl (C=O) groups excluding carboxylic acids is 1. The largest absolute Gasteiger partial charge is 0.349 e. The Kier molecular flexibility index (Phi) is 4.03. The normalized spacial score (nSPS) is 11.6. The third kappa shape index (κ3) is 3.62. The van der Waals surface area contributed by atoms with Crippen LogP contribution in [-0.2, 0) is 0 Å². The molecule has 6 heteroatoms. The molecule has 4 nitrogen and oxygen atoms in total. The molecule has 0 saturated carbocycles. The van der Waals surface area contributed by atoms with Crippen LogP contribution in [0.1, 0.15) is 29.2 Å². The zero-order valence-corrected chi connectivity index (χ0v) is 12.8. The molecular weight excluding hydrogens is 278 g/mol. The van der Waals surface area contributed by atoms with Crippen LogP contribution in [0.25, 0.3) is 9.88 Å². The van der Waals surface area contributed by atoms with Gasteiger partial charge in [-0.15, -0.1) is 22.7 Å². The average Bonchev–Trinajstić information content (AvgIpc) is 2.93.